The summed E-state index contributed by atoms with van der Waals surface area (Å²) in [7, 11) is 1.88. The first kappa shape index (κ1) is 15.8. The molecule has 114 valence electrons. The molecular weight excluding hydrogens is 274 g/mol. The smallest absolute Gasteiger partial charge is 0.255 e. The lowest BCUT2D eigenvalue weighted by Crippen LogP contribution is -2.11. The molecule has 0 aliphatic carbocycles. The maximum Gasteiger partial charge on any atom is 0.255 e. The van der Waals surface area contributed by atoms with E-state index >= 15 is 0 Å². The molecule has 0 radical (unpaired) electrons. The van der Waals surface area contributed by atoms with Gasteiger partial charge in [0, 0.05) is 23.7 Å². The average molecular weight is 295 g/mol. The number of carbonyl (C=O) groups is 1. The molecule has 0 saturated heterocycles. The fraction of sp³-hybridized carbons (Fsp3) is 0.222. The molecule has 22 heavy (non-hydrogen) atoms. The lowest BCUT2D eigenvalue weighted by Gasteiger charge is -2.06. The van der Waals surface area contributed by atoms with Crippen LogP contribution >= 0.6 is 0 Å². The van der Waals surface area contributed by atoms with Gasteiger partial charge in [0.2, 0.25) is 0 Å². The minimum Gasteiger partial charge on any atom is -0.322 e. The van der Waals surface area contributed by atoms with E-state index in [1.54, 1.807) is 4.68 Å². The van der Waals surface area contributed by atoms with Crippen molar-refractivity contribution < 1.29 is 4.79 Å². The zero-order chi connectivity index (χ0) is 16.1. The van der Waals surface area contributed by atoms with Gasteiger partial charge < -0.3 is 5.32 Å². The molecule has 1 amide bonds. The van der Waals surface area contributed by atoms with E-state index in [9.17, 15) is 4.79 Å². The second-order valence-electron chi connectivity index (χ2n) is 4.87. The van der Waals surface area contributed by atoms with Crippen molar-refractivity contribution in [2.24, 2.45) is 7.05 Å². The Morgan fingerprint density at radius 1 is 1.14 bits per heavy atom. The van der Waals surface area contributed by atoms with Crippen molar-refractivity contribution in [2.45, 2.75) is 20.8 Å². The minimum atomic E-state index is -0.102. The van der Waals surface area contributed by atoms with Crippen LogP contribution in [-0.4, -0.2) is 15.7 Å². The minimum absolute atomic E-state index is 0.102. The predicted molar refractivity (Wildman–Crippen MR) is 91.2 cm³/mol. The monoisotopic (exact) mass is 295 g/mol. The Kier molecular flexibility index (Phi) is 4.94. The summed E-state index contributed by atoms with van der Waals surface area (Å²) < 4.78 is 1.79. The Bertz CT molecular complexity index is 790. The third-order valence-corrected chi connectivity index (χ3v) is 3.29. The van der Waals surface area contributed by atoms with Crippen molar-refractivity contribution in [3.05, 3.63) is 59.8 Å². The number of hydrogen-bond acceptors (Lipinski definition) is 2. The van der Waals surface area contributed by atoms with Gasteiger partial charge in [0.15, 0.2) is 0 Å². The van der Waals surface area contributed by atoms with Crippen molar-refractivity contribution in [2.75, 3.05) is 5.32 Å². The number of rotatable bonds is 2. The molecule has 0 bridgehead atoms. The number of benzene rings is 2. The van der Waals surface area contributed by atoms with Gasteiger partial charge in [-0.3, -0.25) is 9.48 Å². The highest BCUT2D eigenvalue weighted by atomic mass is 16.1. The fourth-order valence-corrected chi connectivity index (χ4v) is 2.21. The molecule has 4 nitrogen and oxygen atoms in total. The lowest BCUT2D eigenvalue weighted by molar-refractivity contribution is 0.102. The van der Waals surface area contributed by atoms with Crippen LogP contribution in [0.5, 0.6) is 0 Å². The third-order valence-electron chi connectivity index (χ3n) is 3.29. The fourth-order valence-electron chi connectivity index (χ4n) is 2.21. The van der Waals surface area contributed by atoms with E-state index in [1.807, 2.05) is 76.5 Å². The number of carbonyl (C=O) groups excluding carboxylic acids is 1. The van der Waals surface area contributed by atoms with Crippen LogP contribution in [0, 0.1) is 6.92 Å². The molecule has 0 aliphatic rings. The largest absolute Gasteiger partial charge is 0.322 e. The molecule has 1 N–H and O–H groups in total. The topological polar surface area (TPSA) is 46.9 Å². The molecule has 4 heteroatoms. The molecule has 0 fully saturated rings. The van der Waals surface area contributed by atoms with Gasteiger partial charge in [0.05, 0.1) is 11.7 Å². The Balaban J connectivity index is 0.000000847. The maximum absolute atomic E-state index is 12.2. The highest BCUT2D eigenvalue weighted by Gasteiger charge is 2.07. The Hall–Kier alpha value is -2.62. The maximum atomic E-state index is 12.2. The van der Waals surface area contributed by atoms with Crippen LogP contribution in [-0.2, 0) is 7.05 Å². The van der Waals surface area contributed by atoms with Crippen molar-refractivity contribution in [1.82, 2.24) is 9.78 Å². The first-order chi connectivity index (χ1) is 10.6. The molecule has 0 atom stereocenters. The molecule has 1 heterocycles. The first-order valence-electron chi connectivity index (χ1n) is 7.43. The second-order valence-corrected chi connectivity index (χ2v) is 4.87. The summed E-state index contributed by atoms with van der Waals surface area (Å²) in [6.07, 6.45) is 1.81. The van der Waals surface area contributed by atoms with Gasteiger partial charge in [-0.1, -0.05) is 31.5 Å². The summed E-state index contributed by atoms with van der Waals surface area (Å²) in [6.45, 7) is 5.97. The van der Waals surface area contributed by atoms with E-state index in [2.05, 4.69) is 10.4 Å². The number of nitrogens with zero attached hydrogens (tertiary/aromatic N) is 2. The summed E-state index contributed by atoms with van der Waals surface area (Å²) in [5.41, 5.74) is 3.49. The Morgan fingerprint density at radius 2 is 1.91 bits per heavy atom. The van der Waals surface area contributed by atoms with Gasteiger partial charge in [0.1, 0.15) is 0 Å². The highest BCUT2D eigenvalue weighted by Crippen LogP contribution is 2.19. The second kappa shape index (κ2) is 6.89. The van der Waals surface area contributed by atoms with Crippen LogP contribution in [0.2, 0.25) is 0 Å². The Morgan fingerprint density at radius 3 is 2.64 bits per heavy atom. The van der Waals surface area contributed by atoms with Crippen molar-refractivity contribution in [3.8, 4) is 0 Å². The van der Waals surface area contributed by atoms with Gasteiger partial charge in [-0.25, -0.2) is 0 Å². The number of hydrogen-bond donors (Lipinski definition) is 1. The van der Waals surface area contributed by atoms with Crippen LogP contribution in [0.3, 0.4) is 0 Å². The van der Waals surface area contributed by atoms with E-state index in [0.29, 0.717) is 5.56 Å². The number of amides is 1. The van der Waals surface area contributed by atoms with Crippen LogP contribution in [0.1, 0.15) is 29.8 Å². The molecule has 2 aromatic carbocycles. The molecule has 3 aromatic rings. The summed E-state index contributed by atoms with van der Waals surface area (Å²) in [4.78, 5) is 12.2. The molecule has 0 unspecified atom stereocenters. The van der Waals surface area contributed by atoms with Crippen molar-refractivity contribution in [1.29, 1.82) is 0 Å². The number of nitrogens with one attached hydrogen (secondary N) is 1. The number of aromatic nitrogens is 2. The number of fused-ring (bicyclic) bond motifs is 1. The van der Waals surface area contributed by atoms with Crippen LogP contribution in [0.15, 0.2) is 48.7 Å². The van der Waals surface area contributed by atoms with Gasteiger partial charge in [-0.2, -0.15) is 5.10 Å². The van der Waals surface area contributed by atoms with Gasteiger partial charge in [-0.15, -0.1) is 0 Å². The normalized spacial score (nSPS) is 10.0. The van der Waals surface area contributed by atoms with Crippen LogP contribution in [0.4, 0.5) is 5.69 Å². The molecule has 0 saturated carbocycles. The summed E-state index contributed by atoms with van der Waals surface area (Å²) in [6, 6.07) is 13.3. The van der Waals surface area contributed by atoms with Crippen LogP contribution < -0.4 is 5.32 Å². The van der Waals surface area contributed by atoms with Gasteiger partial charge >= 0.3 is 0 Å². The first-order valence-corrected chi connectivity index (χ1v) is 7.43. The predicted octanol–water partition coefficient (Wildman–Crippen LogP) is 4.16. The van der Waals surface area contributed by atoms with Gasteiger partial charge in [0.25, 0.3) is 5.91 Å². The quantitative estimate of drug-likeness (QED) is 0.771. The average Bonchev–Trinajstić information content (AvgIpc) is 2.90. The third kappa shape index (κ3) is 3.34. The van der Waals surface area contributed by atoms with Crippen LogP contribution in [0.25, 0.3) is 10.9 Å². The highest BCUT2D eigenvalue weighted by molar-refractivity contribution is 6.05. The molecule has 0 spiro atoms. The number of anilines is 1. The van der Waals surface area contributed by atoms with E-state index < -0.39 is 0 Å². The van der Waals surface area contributed by atoms with E-state index in [1.165, 1.54) is 0 Å². The van der Waals surface area contributed by atoms with E-state index in [4.69, 9.17) is 0 Å². The zero-order valence-corrected chi connectivity index (χ0v) is 13.4. The van der Waals surface area contributed by atoms with Crippen molar-refractivity contribution in [3.63, 3.8) is 0 Å². The molecule has 1 aromatic heterocycles. The molecule has 3 rings (SSSR count). The standard InChI is InChI=1S/C16H15N3O.C2H6/c1-11-4-3-5-12(8-11)16(20)18-14-7-6-13-10-17-19(2)15(13)9-14;1-2/h3-10H,1-2H3,(H,18,20);1-2H3. The zero-order valence-electron chi connectivity index (χ0n) is 13.4. The van der Waals surface area contributed by atoms with Gasteiger partial charge in [-0.05, 0) is 37.3 Å². The number of aryl methyl sites for hydroxylation is 2. The molecule has 0 aliphatic heterocycles. The summed E-state index contributed by atoms with van der Waals surface area (Å²) in [5.74, 6) is -0.102. The molecular formula is C18H21N3O. The van der Waals surface area contributed by atoms with E-state index in [-0.39, 0.29) is 5.91 Å². The van der Waals surface area contributed by atoms with Crippen molar-refractivity contribution >= 4 is 22.5 Å². The summed E-state index contributed by atoms with van der Waals surface area (Å²) in [5, 5.41) is 8.16. The SMILES string of the molecule is CC.Cc1cccc(C(=O)Nc2ccc3cnn(C)c3c2)c1. The lowest BCUT2D eigenvalue weighted by atomic mass is 10.1. The Labute approximate surface area is 130 Å². The summed E-state index contributed by atoms with van der Waals surface area (Å²) >= 11 is 0. The van der Waals surface area contributed by atoms with E-state index in [0.717, 1.165) is 22.2 Å².